The Kier molecular flexibility index (Phi) is 6.31. The number of anilines is 1. The van der Waals surface area contributed by atoms with E-state index in [0.29, 0.717) is 41.4 Å². The minimum Gasteiger partial charge on any atom is -0.390 e. The van der Waals surface area contributed by atoms with Gasteiger partial charge in [-0.2, -0.15) is 0 Å². The van der Waals surface area contributed by atoms with Gasteiger partial charge in [0.15, 0.2) is 5.78 Å². The summed E-state index contributed by atoms with van der Waals surface area (Å²) in [6, 6.07) is 12.2. The zero-order chi connectivity index (χ0) is 26.0. The highest BCUT2D eigenvalue weighted by molar-refractivity contribution is 6.31. The fourth-order valence-corrected chi connectivity index (χ4v) is 7.28. The van der Waals surface area contributed by atoms with Crippen molar-refractivity contribution < 1.29 is 14.7 Å². The van der Waals surface area contributed by atoms with E-state index in [4.69, 9.17) is 23.2 Å². The molecule has 192 valence electrons. The molecule has 2 fully saturated rings. The Balaban J connectivity index is 1.66. The van der Waals surface area contributed by atoms with Crippen molar-refractivity contribution in [3.05, 3.63) is 63.6 Å². The van der Waals surface area contributed by atoms with Gasteiger partial charge in [0, 0.05) is 34.1 Å². The van der Waals surface area contributed by atoms with Crippen molar-refractivity contribution in [1.82, 2.24) is 5.32 Å². The van der Waals surface area contributed by atoms with Crippen LogP contribution in [0.2, 0.25) is 10.0 Å². The van der Waals surface area contributed by atoms with Crippen molar-refractivity contribution in [2.75, 3.05) is 5.32 Å². The minimum atomic E-state index is -0.997. The van der Waals surface area contributed by atoms with Crippen molar-refractivity contribution in [2.24, 2.45) is 11.3 Å². The number of fused-ring (bicyclic) bond motifs is 2. The largest absolute Gasteiger partial charge is 0.390 e. The van der Waals surface area contributed by atoms with Gasteiger partial charge >= 0.3 is 0 Å². The second-order valence-electron chi connectivity index (χ2n) is 12.4. The lowest BCUT2D eigenvalue weighted by Crippen LogP contribution is -2.49. The molecule has 36 heavy (non-hydrogen) atoms. The van der Waals surface area contributed by atoms with Crippen molar-refractivity contribution in [3.63, 3.8) is 0 Å². The standard InChI is InChI=1S/C29H34Cl2N2O3/c1-27(2,3)15-23-29(20-9-8-19(31)12-21(20)32-26(29)35)24(17-6-5-7-18(30)11-17)25(33-23)22(34)10-16-13-28(4,36)14-16/h5-9,11-12,16,23-25,33,36H,10,13-15H2,1-4H3,(H,32,35)/t16?,23-,24-,25-,28?,29+/m0/s1. The molecule has 5 nitrogen and oxygen atoms in total. The van der Waals surface area contributed by atoms with Crippen LogP contribution < -0.4 is 10.6 Å². The molecule has 1 spiro atoms. The van der Waals surface area contributed by atoms with Crippen LogP contribution in [0, 0.1) is 11.3 Å². The van der Waals surface area contributed by atoms with Gasteiger partial charge in [-0.15, -0.1) is 0 Å². The van der Waals surface area contributed by atoms with E-state index < -0.39 is 23.0 Å². The molecule has 2 aromatic carbocycles. The summed E-state index contributed by atoms with van der Waals surface area (Å²) >= 11 is 12.7. The molecular formula is C29H34Cl2N2O3. The Morgan fingerprint density at radius 1 is 1.11 bits per heavy atom. The van der Waals surface area contributed by atoms with Gasteiger partial charge in [0.1, 0.15) is 5.41 Å². The van der Waals surface area contributed by atoms with Crippen LogP contribution in [0.1, 0.15) is 70.4 Å². The number of carbonyl (C=O) groups is 2. The second-order valence-corrected chi connectivity index (χ2v) is 13.3. The summed E-state index contributed by atoms with van der Waals surface area (Å²) in [5.74, 6) is -0.339. The highest BCUT2D eigenvalue weighted by Crippen LogP contribution is 2.57. The molecule has 0 radical (unpaired) electrons. The van der Waals surface area contributed by atoms with Crippen LogP contribution >= 0.6 is 23.2 Å². The Bertz CT molecular complexity index is 1210. The molecule has 0 unspecified atom stereocenters. The summed E-state index contributed by atoms with van der Waals surface area (Å²) in [7, 11) is 0. The molecule has 2 aliphatic heterocycles. The lowest BCUT2D eigenvalue weighted by Gasteiger charge is -2.41. The maximum absolute atomic E-state index is 14.1. The second kappa shape index (κ2) is 8.83. The number of amides is 1. The highest BCUT2D eigenvalue weighted by Gasteiger charge is 2.65. The molecule has 2 aromatic rings. The monoisotopic (exact) mass is 528 g/mol. The number of halogens is 2. The third-order valence-electron chi connectivity index (χ3n) is 8.12. The number of hydrogen-bond acceptors (Lipinski definition) is 4. The maximum Gasteiger partial charge on any atom is 0.237 e. The first-order chi connectivity index (χ1) is 16.8. The zero-order valence-corrected chi connectivity index (χ0v) is 22.7. The van der Waals surface area contributed by atoms with E-state index in [1.807, 2.05) is 43.3 Å². The smallest absolute Gasteiger partial charge is 0.237 e. The van der Waals surface area contributed by atoms with E-state index in [1.54, 1.807) is 6.07 Å². The summed E-state index contributed by atoms with van der Waals surface area (Å²) in [5, 5.41) is 18.1. The Morgan fingerprint density at radius 3 is 2.44 bits per heavy atom. The molecule has 2 heterocycles. The Morgan fingerprint density at radius 2 is 1.81 bits per heavy atom. The zero-order valence-electron chi connectivity index (χ0n) is 21.2. The number of carbonyl (C=O) groups excluding carboxylic acids is 2. The van der Waals surface area contributed by atoms with Gasteiger partial charge in [0.25, 0.3) is 0 Å². The summed E-state index contributed by atoms with van der Waals surface area (Å²) < 4.78 is 0. The fourth-order valence-electron chi connectivity index (χ4n) is 6.91. The molecule has 5 rings (SSSR count). The fraction of sp³-hybridized carbons (Fsp3) is 0.517. The van der Waals surface area contributed by atoms with E-state index in [1.165, 1.54) is 0 Å². The molecule has 1 saturated carbocycles. The van der Waals surface area contributed by atoms with Gasteiger partial charge in [-0.3, -0.25) is 9.59 Å². The van der Waals surface area contributed by atoms with E-state index in [-0.39, 0.29) is 29.1 Å². The van der Waals surface area contributed by atoms with Crippen LogP contribution in [0.4, 0.5) is 5.69 Å². The van der Waals surface area contributed by atoms with Gasteiger partial charge in [-0.25, -0.2) is 0 Å². The topological polar surface area (TPSA) is 78.4 Å². The molecule has 3 N–H and O–H groups in total. The average Bonchev–Trinajstić information content (AvgIpc) is 3.21. The predicted molar refractivity (Wildman–Crippen MR) is 144 cm³/mol. The van der Waals surface area contributed by atoms with Gasteiger partial charge in [0.2, 0.25) is 5.91 Å². The minimum absolute atomic E-state index is 0.0754. The quantitative estimate of drug-likeness (QED) is 0.453. The van der Waals surface area contributed by atoms with Crippen LogP contribution in [0.5, 0.6) is 0 Å². The van der Waals surface area contributed by atoms with E-state index >= 15 is 0 Å². The normalized spacial score (nSPS) is 33.4. The molecular weight excluding hydrogens is 495 g/mol. The number of nitrogens with one attached hydrogen (secondary N) is 2. The van der Waals surface area contributed by atoms with Crippen molar-refractivity contribution >= 4 is 40.6 Å². The molecule has 0 aromatic heterocycles. The molecule has 0 bridgehead atoms. The Hall–Kier alpha value is -1.92. The van der Waals surface area contributed by atoms with Crippen LogP contribution in [-0.4, -0.2) is 34.5 Å². The van der Waals surface area contributed by atoms with Gasteiger partial charge in [-0.05, 0) is 72.9 Å². The van der Waals surface area contributed by atoms with E-state index in [0.717, 1.165) is 11.1 Å². The molecule has 1 amide bonds. The molecule has 1 saturated heterocycles. The summed E-state index contributed by atoms with van der Waals surface area (Å²) in [6.07, 6.45) is 2.30. The Labute approximate surface area is 222 Å². The molecule has 1 aliphatic carbocycles. The van der Waals surface area contributed by atoms with Crippen LogP contribution in [0.25, 0.3) is 0 Å². The SMILES string of the molecule is CC(C)(C)C[C@@H]1N[C@@H](C(=O)CC2CC(C)(O)C2)[C@H](c2cccc(Cl)c2)[C@]12C(=O)Nc1cc(Cl)ccc12. The molecule has 4 atom stereocenters. The number of aliphatic hydroxyl groups is 1. The van der Waals surface area contributed by atoms with Gasteiger partial charge in [-0.1, -0.05) is 62.2 Å². The third-order valence-corrected chi connectivity index (χ3v) is 8.59. The van der Waals surface area contributed by atoms with Crippen molar-refractivity contribution in [3.8, 4) is 0 Å². The van der Waals surface area contributed by atoms with E-state index in [9.17, 15) is 14.7 Å². The lowest BCUT2D eigenvalue weighted by molar-refractivity contribution is -0.126. The number of hydrogen-bond donors (Lipinski definition) is 3. The predicted octanol–water partition coefficient (Wildman–Crippen LogP) is 5.86. The van der Waals surface area contributed by atoms with Gasteiger partial charge < -0.3 is 15.7 Å². The lowest BCUT2D eigenvalue weighted by atomic mass is 9.61. The summed E-state index contributed by atoms with van der Waals surface area (Å²) in [4.78, 5) is 28.0. The van der Waals surface area contributed by atoms with Gasteiger partial charge in [0.05, 0.1) is 11.6 Å². The maximum atomic E-state index is 14.1. The molecule has 7 heteroatoms. The van der Waals surface area contributed by atoms with Crippen molar-refractivity contribution in [2.45, 2.75) is 82.4 Å². The van der Waals surface area contributed by atoms with Crippen molar-refractivity contribution in [1.29, 1.82) is 0 Å². The summed E-state index contributed by atoms with van der Waals surface area (Å²) in [5.41, 5.74) is 0.643. The third kappa shape index (κ3) is 4.38. The number of Topliss-reactive ketones (excluding diaryl/α,β-unsaturated/α-hetero) is 1. The van der Waals surface area contributed by atoms with Crippen LogP contribution in [-0.2, 0) is 15.0 Å². The first-order valence-electron chi connectivity index (χ1n) is 12.7. The molecule has 3 aliphatic rings. The summed E-state index contributed by atoms with van der Waals surface area (Å²) in [6.45, 7) is 8.27. The number of ketones is 1. The van der Waals surface area contributed by atoms with Crippen LogP contribution in [0.3, 0.4) is 0 Å². The average molecular weight is 530 g/mol. The first-order valence-corrected chi connectivity index (χ1v) is 13.4. The van der Waals surface area contributed by atoms with E-state index in [2.05, 4.69) is 31.4 Å². The number of benzene rings is 2. The highest BCUT2D eigenvalue weighted by atomic mass is 35.5. The van der Waals surface area contributed by atoms with Crippen LogP contribution in [0.15, 0.2) is 42.5 Å². The first kappa shape index (κ1) is 25.7. The number of rotatable bonds is 5.